The fourth-order valence-corrected chi connectivity index (χ4v) is 4.07. The van der Waals surface area contributed by atoms with Crippen LogP contribution < -0.4 is 0 Å². The van der Waals surface area contributed by atoms with Crippen molar-refractivity contribution in [2.75, 3.05) is 6.61 Å². The van der Waals surface area contributed by atoms with Crippen LogP contribution in [0.4, 0.5) is 0 Å². The molecule has 0 saturated carbocycles. The molecule has 0 spiro atoms. The van der Waals surface area contributed by atoms with Gasteiger partial charge < -0.3 is 9.30 Å². The Morgan fingerprint density at radius 3 is 1.72 bits per heavy atom. The third kappa shape index (κ3) is 3.72. The molecule has 25 heavy (non-hydrogen) atoms. The molecule has 0 saturated heterocycles. The average Bonchev–Trinajstić information content (AvgIpc) is 2.87. The molecule has 0 amide bonds. The van der Waals surface area contributed by atoms with E-state index >= 15 is 0 Å². The predicted molar refractivity (Wildman–Crippen MR) is 107 cm³/mol. The highest BCUT2D eigenvalue weighted by molar-refractivity contribution is 9.13. The van der Waals surface area contributed by atoms with Gasteiger partial charge in [0.1, 0.15) is 6.54 Å². The van der Waals surface area contributed by atoms with Gasteiger partial charge in [-0.05, 0) is 49.9 Å². The molecule has 0 aliphatic carbocycles. The number of carbonyl (C=O) groups excluding carboxylic acids is 1. The number of carbonyl (C=O) groups is 1. The lowest BCUT2D eigenvalue weighted by Gasteiger charge is -2.14. The Hall–Kier alpha value is -1.85. The zero-order chi connectivity index (χ0) is 17.8. The highest BCUT2D eigenvalue weighted by atomic mass is 79.9. The molecule has 0 aliphatic rings. The number of nitrogens with zero attached hydrogens (tertiary/aromatic N) is 1. The van der Waals surface area contributed by atoms with Crippen LogP contribution in [0.5, 0.6) is 0 Å². The molecule has 2 aromatic carbocycles. The van der Waals surface area contributed by atoms with Gasteiger partial charge in [0, 0.05) is 0 Å². The Morgan fingerprint density at radius 1 is 0.880 bits per heavy atom. The third-order valence-corrected chi connectivity index (χ3v) is 5.91. The number of aromatic nitrogens is 1. The van der Waals surface area contributed by atoms with Gasteiger partial charge in [0.25, 0.3) is 0 Å². The summed E-state index contributed by atoms with van der Waals surface area (Å²) < 4.78 is 9.02. The Bertz CT molecular complexity index is 811. The van der Waals surface area contributed by atoms with Crippen molar-refractivity contribution in [1.82, 2.24) is 4.57 Å². The monoisotopic (exact) mass is 461 g/mol. The van der Waals surface area contributed by atoms with Crippen molar-refractivity contribution in [3.63, 3.8) is 0 Å². The molecule has 5 heteroatoms. The molecule has 0 aliphatic heterocycles. The molecule has 0 atom stereocenters. The molecule has 0 unspecified atom stereocenters. The Morgan fingerprint density at radius 2 is 1.32 bits per heavy atom. The van der Waals surface area contributed by atoms with Gasteiger partial charge in [-0.3, -0.25) is 4.79 Å². The smallest absolute Gasteiger partial charge is 0.325 e. The number of hydrogen-bond donors (Lipinski definition) is 0. The summed E-state index contributed by atoms with van der Waals surface area (Å²) in [6.45, 7) is 2.33. The molecular weight excluding hydrogens is 446 g/mol. The second kappa shape index (κ2) is 8.02. The Labute approximate surface area is 163 Å². The van der Waals surface area contributed by atoms with Gasteiger partial charge in [-0.15, -0.1) is 0 Å². The van der Waals surface area contributed by atoms with Gasteiger partial charge in [-0.1, -0.05) is 60.7 Å². The van der Waals surface area contributed by atoms with Crippen molar-refractivity contribution in [2.24, 2.45) is 0 Å². The van der Waals surface area contributed by atoms with E-state index in [-0.39, 0.29) is 12.5 Å². The van der Waals surface area contributed by atoms with Crippen molar-refractivity contribution in [3.8, 4) is 22.5 Å². The first-order chi connectivity index (χ1) is 12.1. The maximum Gasteiger partial charge on any atom is 0.325 e. The van der Waals surface area contributed by atoms with E-state index in [1.165, 1.54) is 0 Å². The minimum Gasteiger partial charge on any atom is -0.465 e. The zero-order valence-electron chi connectivity index (χ0n) is 13.7. The zero-order valence-corrected chi connectivity index (χ0v) is 16.9. The number of benzene rings is 2. The summed E-state index contributed by atoms with van der Waals surface area (Å²) in [4.78, 5) is 12.2. The summed E-state index contributed by atoms with van der Waals surface area (Å²) in [6.07, 6.45) is 0. The van der Waals surface area contributed by atoms with Crippen molar-refractivity contribution >= 4 is 37.8 Å². The number of rotatable bonds is 5. The lowest BCUT2D eigenvalue weighted by Crippen LogP contribution is -2.15. The quantitative estimate of drug-likeness (QED) is 0.441. The van der Waals surface area contributed by atoms with Crippen LogP contribution in [-0.4, -0.2) is 17.1 Å². The van der Waals surface area contributed by atoms with Crippen molar-refractivity contribution in [1.29, 1.82) is 0 Å². The van der Waals surface area contributed by atoms with Gasteiger partial charge in [-0.2, -0.15) is 0 Å². The molecule has 1 aromatic heterocycles. The van der Waals surface area contributed by atoms with Crippen LogP contribution in [0.1, 0.15) is 6.92 Å². The maximum atomic E-state index is 12.2. The maximum absolute atomic E-state index is 12.2. The van der Waals surface area contributed by atoms with E-state index in [1.807, 2.05) is 72.2 Å². The summed E-state index contributed by atoms with van der Waals surface area (Å²) in [5.41, 5.74) is 3.95. The highest BCUT2D eigenvalue weighted by Crippen LogP contribution is 2.43. The summed E-state index contributed by atoms with van der Waals surface area (Å²) in [6, 6.07) is 20.0. The van der Waals surface area contributed by atoms with Crippen molar-refractivity contribution < 1.29 is 9.53 Å². The molecule has 3 rings (SSSR count). The van der Waals surface area contributed by atoms with Crippen LogP contribution in [0.2, 0.25) is 0 Å². The van der Waals surface area contributed by atoms with Crippen LogP contribution in [0.25, 0.3) is 22.5 Å². The summed E-state index contributed by atoms with van der Waals surface area (Å²) in [5.74, 6) is -0.258. The lowest BCUT2D eigenvalue weighted by atomic mass is 10.1. The largest absolute Gasteiger partial charge is 0.465 e. The average molecular weight is 463 g/mol. The topological polar surface area (TPSA) is 31.2 Å². The molecule has 1 heterocycles. The van der Waals surface area contributed by atoms with E-state index in [2.05, 4.69) is 31.9 Å². The van der Waals surface area contributed by atoms with Crippen LogP contribution in [0.3, 0.4) is 0 Å². The van der Waals surface area contributed by atoms with Gasteiger partial charge in [0.15, 0.2) is 0 Å². The van der Waals surface area contributed by atoms with Gasteiger partial charge in [0.2, 0.25) is 0 Å². The molecule has 0 bridgehead atoms. The molecule has 0 N–H and O–H groups in total. The van der Waals surface area contributed by atoms with E-state index in [0.29, 0.717) is 6.61 Å². The SMILES string of the molecule is CCOC(=O)Cn1c(-c2ccccc2)c(Br)c(Br)c1-c1ccccc1. The molecule has 3 aromatic rings. The van der Waals surface area contributed by atoms with Crippen LogP contribution >= 0.6 is 31.9 Å². The van der Waals surface area contributed by atoms with Crippen LogP contribution in [-0.2, 0) is 16.1 Å². The second-order valence-corrected chi connectivity index (χ2v) is 7.03. The van der Waals surface area contributed by atoms with E-state index < -0.39 is 0 Å². The number of halogens is 2. The second-order valence-electron chi connectivity index (χ2n) is 5.45. The fourth-order valence-electron chi connectivity index (χ4n) is 2.81. The van der Waals surface area contributed by atoms with Gasteiger partial charge in [0.05, 0.1) is 26.9 Å². The van der Waals surface area contributed by atoms with Crippen LogP contribution in [0, 0.1) is 0 Å². The predicted octanol–water partition coefficient (Wildman–Crippen LogP) is 5.91. The summed E-state index contributed by atoms with van der Waals surface area (Å²) in [5, 5.41) is 0. The van der Waals surface area contributed by atoms with Crippen molar-refractivity contribution in [2.45, 2.75) is 13.5 Å². The summed E-state index contributed by atoms with van der Waals surface area (Å²) in [7, 11) is 0. The molecule has 0 radical (unpaired) electrons. The van der Waals surface area contributed by atoms with E-state index in [9.17, 15) is 4.79 Å². The first kappa shape index (κ1) is 18.0. The molecular formula is C20H17Br2NO2. The van der Waals surface area contributed by atoms with Crippen molar-refractivity contribution in [3.05, 3.63) is 69.6 Å². The number of esters is 1. The fraction of sp³-hybridized carbons (Fsp3) is 0.150. The normalized spacial score (nSPS) is 10.7. The van der Waals surface area contributed by atoms with E-state index in [1.54, 1.807) is 0 Å². The minimum absolute atomic E-state index is 0.145. The lowest BCUT2D eigenvalue weighted by molar-refractivity contribution is -0.143. The van der Waals surface area contributed by atoms with E-state index in [4.69, 9.17) is 4.74 Å². The Kier molecular flexibility index (Phi) is 5.76. The number of hydrogen-bond acceptors (Lipinski definition) is 2. The van der Waals surface area contributed by atoms with Crippen LogP contribution in [0.15, 0.2) is 69.6 Å². The number of ether oxygens (including phenoxy) is 1. The van der Waals surface area contributed by atoms with E-state index in [0.717, 1.165) is 31.5 Å². The first-order valence-corrected chi connectivity index (χ1v) is 9.56. The third-order valence-electron chi connectivity index (χ3n) is 3.84. The Balaban J connectivity index is 2.23. The highest BCUT2D eigenvalue weighted by Gasteiger charge is 2.23. The van der Waals surface area contributed by atoms with Gasteiger partial charge >= 0.3 is 5.97 Å². The summed E-state index contributed by atoms with van der Waals surface area (Å²) >= 11 is 7.39. The standard InChI is InChI=1S/C20H17Br2NO2/c1-2-25-16(24)13-23-19(14-9-5-3-6-10-14)17(21)18(22)20(23)15-11-7-4-8-12-15/h3-12H,2,13H2,1H3. The molecule has 3 nitrogen and oxygen atoms in total. The van der Waals surface area contributed by atoms with Gasteiger partial charge in [-0.25, -0.2) is 0 Å². The molecule has 128 valence electrons. The first-order valence-electron chi connectivity index (χ1n) is 7.97. The molecule has 0 fully saturated rings. The minimum atomic E-state index is -0.258.